The van der Waals surface area contributed by atoms with E-state index in [1.165, 1.54) is 4.90 Å². The minimum Gasteiger partial charge on any atom is -0.383 e. The number of carbonyl (C=O) groups is 3. The van der Waals surface area contributed by atoms with Crippen molar-refractivity contribution in [2.45, 2.75) is 33.6 Å². The molecule has 1 aliphatic rings. The van der Waals surface area contributed by atoms with Crippen LogP contribution in [0.25, 0.3) is 16.8 Å². The lowest BCUT2D eigenvalue weighted by molar-refractivity contribution is -0.858. The third kappa shape index (κ3) is 9.67. The fourth-order valence-electron chi connectivity index (χ4n) is 6.46. The maximum Gasteiger partial charge on any atom is 0.291 e. The van der Waals surface area contributed by atoms with Crippen LogP contribution in [0.5, 0.6) is 0 Å². The molecule has 2 heterocycles. The Kier molecular flexibility index (Phi) is 14.2. The molecule has 1 aromatic heterocycles. The molecule has 3 N–H and O–H groups in total. The summed E-state index contributed by atoms with van der Waals surface area (Å²) >= 11 is 6.59. The molecule has 1 aliphatic heterocycles. The minimum absolute atomic E-state index is 0.000713. The largest absolute Gasteiger partial charge is 0.383 e. The van der Waals surface area contributed by atoms with E-state index in [0.717, 1.165) is 47.5 Å². The van der Waals surface area contributed by atoms with Crippen molar-refractivity contribution in [1.82, 2.24) is 24.3 Å². The first-order valence-electron chi connectivity index (χ1n) is 17.8. The Hall–Kier alpha value is -4.52. The highest BCUT2D eigenvalue weighted by Gasteiger charge is 2.29. The number of carbonyl (C=O) groups excluding carboxylic acids is 3. The van der Waals surface area contributed by atoms with E-state index in [9.17, 15) is 14.4 Å². The molecule has 280 valence electrons. The molecule has 1 unspecified atom stereocenters. The van der Waals surface area contributed by atoms with E-state index < -0.39 is 5.91 Å². The number of nitrogens with zero attached hydrogens (tertiary/aromatic N) is 5. The number of quaternary nitrogens is 1. The van der Waals surface area contributed by atoms with Crippen molar-refractivity contribution in [3.05, 3.63) is 76.3 Å². The molecule has 0 spiro atoms. The Bertz CT molecular complexity index is 1780. The van der Waals surface area contributed by atoms with Crippen molar-refractivity contribution >= 4 is 46.3 Å². The molecule has 4 rings (SSSR count). The summed E-state index contributed by atoms with van der Waals surface area (Å²) in [5.74, 6) is -0.244. The molecule has 3 amide bonds. The van der Waals surface area contributed by atoms with Crippen LogP contribution >= 0.6 is 11.6 Å². The molecule has 0 aliphatic carbocycles. The third-order valence-electron chi connectivity index (χ3n) is 9.77. The van der Waals surface area contributed by atoms with Gasteiger partial charge in [-0.1, -0.05) is 42.8 Å². The SMILES string of the molecule is CCC(CC[NH+](C)C)C(=O)N1CCN(C(=O)c2ccc(NC(=O)c3ncc(-c4ccc(/C(C(C)=N)=C(\C)N(C)CCOC)cc4)n3C)cc2Cl)CC1. The molecule has 1 saturated heterocycles. The van der Waals surface area contributed by atoms with E-state index in [-0.39, 0.29) is 28.6 Å². The van der Waals surface area contributed by atoms with Crippen molar-refractivity contribution in [3.63, 3.8) is 0 Å². The fourth-order valence-corrected chi connectivity index (χ4v) is 6.72. The van der Waals surface area contributed by atoms with Gasteiger partial charge in [-0.25, -0.2) is 4.98 Å². The van der Waals surface area contributed by atoms with Crippen LogP contribution in [0.2, 0.25) is 5.02 Å². The first kappa shape index (κ1) is 40.3. The smallest absolute Gasteiger partial charge is 0.291 e. The zero-order chi connectivity index (χ0) is 38.1. The summed E-state index contributed by atoms with van der Waals surface area (Å²) in [6, 6.07) is 12.7. The van der Waals surface area contributed by atoms with Crippen molar-refractivity contribution in [3.8, 4) is 11.3 Å². The number of ether oxygens (including phenoxy) is 1. The van der Waals surface area contributed by atoms with Gasteiger partial charge in [-0.2, -0.15) is 0 Å². The molecule has 0 radical (unpaired) electrons. The van der Waals surface area contributed by atoms with Gasteiger partial charge in [0, 0.05) is 88.9 Å². The van der Waals surface area contributed by atoms with Gasteiger partial charge < -0.3 is 39.6 Å². The van der Waals surface area contributed by atoms with Crippen molar-refractivity contribution in [2.75, 3.05) is 79.4 Å². The van der Waals surface area contributed by atoms with Gasteiger partial charge in [0.1, 0.15) is 0 Å². The molecule has 0 bridgehead atoms. The Labute approximate surface area is 312 Å². The minimum atomic E-state index is -0.418. The average Bonchev–Trinajstić information content (AvgIpc) is 3.51. The van der Waals surface area contributed by atoms with Gasteiger partial charge in [-0.3, -0.25) is 14.4 Å². The summed E-state index contributed by atoms with van der Waals surface area (Å²) in [4.78, 5) is 51.3. The second kappa shape index (κ2) is 18.3. The number of piperazine rings is 1. The molecule has 13 heteroatoms. The number of aromatic nitrogens is 2. The van der Waals surface area contributed by atoms with Gasteiger partial charge in [-0.05, 0) is 49.6 Å². The van der Waals surface area contributed by atoms with Crippen molar-refractivity contribution in [2.24, 2.45) is 13.0 Å². The quantitative estimate of drug-likeness (QED) is 0.201. The lowest BCUT2D eigenvalue weighted by Crippen LogP contribution is -3.05. The molecule has 1 atom stereocenters. The first-order chi connectivity index (χ1) is 24.8. The molecular weight excluding hydrogens is 680 g/mol. The van der Waals surface area contributed by atoms with Crippen LogP contribution < -0.4 is 10.2 Å². The number of rotatable bonds is 15. The lowest BCUT2D eigenvalue weighted by atomic mass is 9.97. The summed E-state index contributed by atoms with van der Waals surface area (Å²) in [5, 5.41) is 11.5. The molecule has 52 heavy (non-hydrogen) atoms. The summed E-state index contributed by atoms with van der Waals surface area (Å²) in [6.07, 6.45) is 3.31. The first-order valence-corrected chi connectivity index (χ1v) is 18.2. The Morgan fingerprint density at radius 2 is 1.71 bits per heavy atom. The molecule has 12 nitrogen and oxygen atoms in total. The zero-order valence-electron chi connectivity index (χ0n) is 31.8. The zero-order valence-corrected chi connectivity index (χ0v) is 32.6. The lowest BCUT2D eigenvalue weighted by Gasteiger charge is -2.36. The number of anilines is 1. The highest BCUT2D eigenvalue weighted by Crippen LogP contribution is 2.28. The Balaban J connectivity index is 1.39. The Morgan fingerprint density at radius 3 is 2.29 bits per heavy atom. The summed E-state index contributed by atoms with van der Waals surface area (Å²) < 4.78 is 6.94. The summed E-state index contributed by atoms with van der Waals surface area (Å²) in [5.41, 5.74) is 5.63. The number of likely N-dealkylation sites (N-methyl/N-ethyl adjacent to an activating group) is 1. The van der Waals surface area contributed by atoms with Crippen LogP contribution in [0.15, 0.2) is 54.4 Å². The number of methoxy groups -OCH3 is 1. The van der Waals surface area contributed by atoms with E-state index in [4.69, 9.17) is 21.7 Å². The summed E-state index contributed by atoms with van der Waals surface area (Å²) in [6.45, 7) is 9.94. The predicted molar refractivity (Wildman–Crippen MR) is 207 cm³/mol. The van der Waals surface area contributed by atoms with Crippen LogP contribution in [-0.4, -0.2) is 122 Å². The van der Waals surface area contributed by atoms with Crippen LogP contribution in [0.1, 0.15) is 60.2 Å². The van der Waals surface area contributed by atoms with E-state index in [2.05, 4.69) is 36.2 Å². The number of amides is 3. The maximum atomic E-state index is 13.4. The summed E-state index contributed by atoms with van der Waals surface area (Å²) in [7, 11) is 9.62. The third-order valence-corrected chi connectivity index (χ3v) is 10.1. The van der Waals surface area contributed by atoms with Gasteiger partial charge in [0.05, 0.1) is 49.7 Å². The number of halogens is 1. The van der Waals surface area contributed by atoms with Gasteiger partial charge in [-0.15, -0.1) is 0 Å². The molecule has 1 fully saturated rings. The van der Waals surface area contributed by atoms with E-state index in [1.807, 2.05) is 43.1 Å². The number of imidazole rings is 1. The average molecular weight is 734 g/mol. The van der Waals surface area contributed by atoms with E-state index in [1.54, 1.807) is 54.9 Å². The van der Waals surface area contributed by atoms with E-state index >= 15 is 0 Å². The normalized spacial score (nSPS) is 14.3. The van der Waals surface area contributed by atoms with Gasteiger partial charge in [0.25, 0.3) is 11.8 Å². The fraction of sp³-hybridized carbons (Fsp3) is 0.462. The van der Waals surface area contributed by atoms with Gasteiger partial charge >= 0.3 is 0 Å². The van der Waals surface area contributed by atoms with Crippen LogP contribution in [-0.2, 0) is 16.6 Å². The molecule has 3 aromatic rings. The van der Waals surface area contributed by atoms with Gasteiger partial charge in [0.15, 0.2) is 5.82 Å². The highest BCUT2D eigenvalue weighted by molar-refractivity contribution is 6.34. The molecule has 0 saturated carbocycles. The van der Waals surface area contributed by atoms with Crippen molar-refractivity contribution < 1.29 is 24.0 Å². The van der Waals surface area contributed by atoms with E-state index in [0.29, 0.717) is 56.3 Å². The predicted octanol–water partition coefficient (Wildman–Crippen LogP) is 4.19. The topological polar surface area (TPSA) is 128 Å². The number of benzene rings is 2. The number of hydrogen-bond acceptors (Lipinski definition) is 7. The maximum absolute atomic E-state index is 13.4. The second-order valence-electron chi connectivity index (χ2n) is 13.7. The number of hydrogen-bond donors (Lipinski definition) is 3. The number of nitrogens with one attached hydrogen (secondary N) is 3. The number of allylic oxidation sites excluding steroid dienone is 2. The van der Waals surface area contributed by atoms with Crippen LogP contribution in [0.4, 0.5) is 5.69 Å². The Morgan fingerprint density at radius 1 is 1.06 bits per heavy atom. The molecule has 2 aromatic carbocycles. The highest BCUT2D eigenvalue weighted by atomic mass is 35.5. The van der Waals surface area contributed by atoms with Crippen molar-refractivity contribution in [1.29, 1.82) is 5.41 Å². The molecular formula is C39H54ClN8O4+. The van der Waals surface area contributed by atoms with Gasteiger partial charge in [0.2, 0.25) is 5.91 Å². The standard InChI is InChI=1S/C39H53ClN8O4/c1-9-28(16-17-44(4)5)38(50)47-18-20-48(21-19-47)39(51)32-15-14-31(24-33(32)40)43-37(49)36-42-25-34(46(36)7)29-10-12-30(13-11-29)35(26(2)41)27(3)45(6)22-23-52-8/h10-15,24-25,28,41H,9,16-23H2,1-8H3,(H,43,49)/p+1/b35-27+,41-26?. The monoisotopic (exact) mass is 733 g/mol. The van der Waals surface area contributed by atoms with Crippen LogP contribution in [0, 0.1) is 11.3 Å². The van der Waals surface area contributed by atoms with Crippen LogP contribution in [0.3, 0.4) is 0 Å². The second-order valence-corrected chi connectivity index (χ2v) is 14.1.